The molecular weight excluding hydrogens is 248 g/mol. The van der Waals surface area contributed by atoms with E-state index in [0.717, 1.165) is 25.6 Å². The first kappa shape index (κ1) is 22.7. The molecule has 0 aromatic heterocycles. The summed E-state index contributed by atoms with van der Waals surface area (Å²) in [5, 5.41) is 15.9. The van der Waals surface area contributed by atoms with Crippen molar-refractivity contribution in [3.8, 4) is 0 Å². The van der Waals surface area contributed by atoms with Gasteiger partial charge in [0.25, 0.3) is 0 Å². The van der Waals surface area contributed by atoms with Crippen LogP contribution >= 0.6 is 0 Å². The Morgan fingerprint density at radius 1 is 0.647 bits per heavy atom. The summed E-state index contributed by atoms with van der Waals surface area (Å²) in [6.45, 7) is 2.95. The summed E-state index contributed by atoms with van der Waals surface area (Å²) >= 11 is 0. The fourth-order valence-corrected chi connectivity index (χ4v) is 1.37. The predicted molar refractivity (Wildman–Crippen MR) is 75.0 cm³/mol. The van der Waals surface area contributed by atoms with Gasteiger partial charge in [0.2, 0.25) is 0 Å². The number of nitrogens with zero attached hydrogens (tertiary/aromatic N) is 4. The topological polar surface area (TPSA) is 56.4 Å². The van der Waals surface area contributed by atoms with Gasteiger partial charge in [0.05, 0.1) is 0 Å². The van der Waals surface area contributed by atoms with Crippen molar-refractivity contribution in [1.82, 2.24) is 0 Å². The van der Waals surface area contributed by atoms with Gasteiger partial charge in [-0.3, -0.25) is 0 Å². The molecule has 4 nitrogen and oxygen atoms in total. The van der Waals surface area contributed by atoms with Gasteiger partial charge >= 0.3 is 21.7 Å². The Morgan fingerprint density at radius 3 is 1.06 bits per heavy atom. The van der Waals surface area contributed by atoms with Crippen molar-refractivity contribution in [3.63, 3.8) is 0 Å². The van der Waals surface area contributed by atoms with Gasteiger partial charge in [-0.15, -0.1) is 19.6 Å². The summed E-state index contributed by atoms with van der Waals surface area (Å²) in [6, 6.07) is 0. The molecule has 0 radical (unpaired) electrons. The van der Waals surface area contributed by atoms with Crippen LogP contribution in [0.5, 0.6) is 0 Å². The average molecular weight is 276 g/mol. The maximum atomic E-state index is 4.13. The standard InChI is InChI=1S/C10H22N3.C2H6N.Ti/c1-11-7-4-10(5-8-12-2)6-9-13-3;1-3-2;/h10H,4-9H2,1-3H3;1-2H3;/q-3;-1;+4. The molecule has 0 rings (SSSR count). The normalized spacial score (nSPS) is 9.53. The Balaban J connectivity index is -0.000000440. The minimum atomic E-state index is 0. The van der Waals surface area contributed by atoms with Crippen LogP contribution in [0.2, 0.25) is 0 Å². The molecule has 0 saturated heterocycles. The molecule has 5 heteroatoms. The van der Waals surface area contributed by atoms with Crippen LogP contribution in [0.3, 0.4) is 0 Å². The van der Waals surface area contributed by atoms with E-state index in [1.165, 1.54) is 19.3 Å². The van der Waals surface area contributed by atoms with Crippen LogP contribution in [0.25, 0.3) is 21.3 Å². The molecule has 0 saturated carbocycles. The number of rotatable bonds is 9. The van der Waals surface area contributed by atoms with E-state index in [2.05, 4.69) is 21.3 Å². The second kappa shape index (κ2) is 21.8. The molecule has 0 aromatic carbocycles. The largest absolute Gasteiger partial charge is 4.00 e. The summed E-state index contributed by atoms with van der Waals surface area (Å²) in [6.07, 6.45) is 3.59. The molecule has 0 fully saturated rings. The van der Waals surface area contributed by atoms with Gasteiger partial charge in [-0.2, -0.15) is 35.2 Å². The molecule has 0 aliphatic heterocycles. The molecule has 0 aliphatic carbocycles. The van der Waals surface area contributed by atoms with Gasteiger partial charge in [0, 0.05) is 0 Å². The van der Waals surface area contributed by atoms with Crippen molar-refractivity contribution in [3.05, 3.63) is 21.3 Å². The van der Waals surface area contributed by atoms with Crippen molar-refractivity contribution < 1.29 is 21.7 Å². The summed E-state index contributed by atoms with van der Waals surface area (Å²) in [4.78, 5) is 0. The number of hydrogen-bond donors (Lipinski definition) is 0. The average Bonchev–Trinajstić information content (AvgIpc) is 2.29. The predicted octanol–water partition coefficient (Wildman–Crippen LogP) is 3.40. The third-order valence-corrected chi connectivity index (χ3v) is 2.28. The van der Waals surface area contributed by atoms with Gasteiger partial charge in [-0.05, 0) is 5.92 Å². The maximum Gasteiger partial charge on any atom is 4.00 e. The second-order valence-corrected chi connectivity index (χ2v) is 3.80. The molecule has 100 valence electrons. The van der Waals surface area contributed by atoms with Crippen LogP contribution in [0.4, 0.5) is 0 Å². The first-order valence-electron chi connectivity index (χ1n) is 5.91. The van der Waals surface area contributed by atoms with E-state index in [4.69, 9.17) is 0 Å². The molecule has 0 bridgehead atoms. The van der Waals surface area contributed by atoms with Crippen LogP contribution in [0.1, 0.15) is 19.3 Å². The van der Waals surface area contributed by atoms with Gasteiger partial charge in [0.15, 0.2) is 0 Å². The van der Waals surface area contributed by atoms with E-state index < -0.39 is 0 Å². The Hall–Kier alpha value is 0.554. The molecule has 0 aliphatic rings. The van der Waals surface area contributed by atoms with E-state index in [0.29, 0.717) is 0 Å². The van der Waals surface area contributed by atoms with Gasteiger partial charge in [-0.25, -0.2) is 0 Å². The molecule has 17 heavy (non-hydrogen) atoms. The first-order valence-corrected chi connectivity index (χ1v) is 5.91. The minimum Gasteiger partial charge on any atom is -0.668 e. The molecule has 0 N–H and O–H groups in total. The van der Waals surface area contributed by atoms with Crippen LogP contribution in [-0.4, -0.2) is 54.9 Å². The zero-order valence-electron chi connectivity index (χ0n) is 12.1. The number of hydrogen-bond acceptors (Lipinski definition) is 0. The molecule has 0 atom stereocenters. The Labute approximate surface area is 123 Å². The molecule has 0 amide bonds. The quantitative estimate of drug-likeness (QED) is 0.580. The summed E-state index contributed by atoms with van der Waals surface area (Å²) in [5.74, 6) is 0.760. The monoisotopic (exact) mass is 276 g/mol. The molecule has 0 heterocycles. The Morgan fingerprint density at radius 2 is 0.882 bits per heavy atom. The van der Waals surface area contributed by atoms with E-state index >= 15 is 0 Å². The fraction of sp³-hybridized carbons (Fsp3) is 1.00. The zero-order valence-corrected chi connectivity index (χ0v) is 13.7. The molecule has 0 unspecified atom stereocenters. The van der Waals surface area contributed by atoms with Crippen molar-refractivity contribution >= 4 is 0 Å². The van der Waals surface area contributed by atoms with Crippen LogP contribution in [0, 0.1) is 5.92 Å². The first-order chi connectivity index (χ1) is 7.76. The van der Waals surface area contributed by atoms with Crippen LogP contribution in [0.15, 0.2) is 0 Å². The van der Waals surface area contributed by atoms with E-state index in [-0.39, 0.29) is 21.7 Å². The third-order valence-electron chi connectivity index (χ3n) is 2.28. The molecular formula is C12H28N4Ti. The molecule has 0 spiro atoms. The smallest absolute Gasteiger partial charge is 0.668 e. The van der Waals surface area contributed by atoms with Crippen LogP contribution < -0.4 is 0 Å². The van der Waals surface area contributed by atoms with Crippen LogP contribution in [-0.2, 0) is 21.7 Å². The summed E-state index contributed by atoms with van der Waals surface area (Å²) < 4.78 is 0. The van der Waals surface area contributed by atoms with Gasteiger partial charge in [0.1, 0.15) is 0 Å². The second-order valence-electron chi connectivity index (χ2n) is 3.80. The van der Waals surface area contributed by atoms with Gasteiger partial charge in [-0.1, -0.05) is 19.3 Å². The van der Waals surface area contributed by atoms with Crippen molar-refractivity contribution in [2.75, 3.05) is 54.9 Å². The van der Waals surface area contributed by atoms with Crippen molar-refractivity contribution in [2.24, 2.45) is 5.92 Å². The third kappa shape index (κ3) is 22.2. The van der Waals surface area contributed by atoms with Crippen molar-refractivity contribution in [1.29, 1.82) is 0 Å². The maximum absolute atomic E-state index is 4.13. The van der Waals surface area contributed by atoms with E-state index in [1.54, 1.807) is 14.1 Å². The summed E-state index contributed by atoms with van der Waals surface area (Å²) in [5.41, 5.74) is 0. The van der Waals surface area contributed by atoms with E-state index in [9.17, 15) is 0 Å². The summed E-state index contributed by atoms with van der Waals surface area (Å²) in [7, 11) is 9.14. The van der Waals surface area contributed by atoms with Gasteiger partial charge < -0.3 is 21.3 Å². The van der Waals surface area contributed by atoms with Crippen molar-refractivity contribution in [2.45, 2.75) is 19.3 Å². The zero-order chi connectivity index (χ0) is 12.6. The Kier molecular flexibility index (Phi) is 29.1. The van der Waals surface area contributed by atoms with E-state index in [1.807, 2.05) is 21.1 Å². The molecule has 0 aromatic rings. The minimum absolute atomic E-state index is 0. The Bertz CT molecular complexity index is 95.7. The fourth-order valence-electron chi connectivity index (χ4n) is 1.37. The SMILES string of the molecule is C[N-]C.C[N-]CCC(CC[N-]C)CC[N-]C.[Ti+4].